The van der Waals surface area contributed by atoms with Gasteiger partial charge in [-0.2, -0.15) is 0 Å². The van der Waals surface area contributed by atoms with E-state index in [2.05, 4.69) is 5.32 Å². The van der Waals surface area contributed by atoms with Gasteiger partial charge in [-0.15, -0.1) is 23.4 Å². The monoisotopic (exact) mass is 388 g/mol. The van der Waals surface area contributed by atoms with Crippen LogP contribution in [-0.2, 0) is 9.59 Å². The largest absolute Gasteiger partial charge is 0.326 e. The van der Waals surface area contributed by atoms with Crippen molar-refractivity contribution in [3.8, 4) is 0 Å². The zero-order chi connectivity index (χ0) is 18.5. The van der Waals surface area contributed by atoms with Gasteiger partial charge in [-0.3, -0.25) is 14.5 Å². The summed E-state index contributed by atoms with van der Waals surface area (Å²) < 4.78 is 0. The highest BCUT2D eigenvalue weighted by atomic mass is 35.5. The van der Waals surface area contributed by atoms with Crippen LogP contribution in [0.4, 0.5) is 11.4 Å². The van der Waals surface area contributed by atoms with Crippen LogP contribution in [-0.4, -0.2) is 23.4 Å². The van der Waals surface area contributed by atoms with Gasteiger partial charge in [-0.1, -0.05) is 30.3 Å². The number of amides is 2. The third kappa shape index (κ3) is 4.22. The molecule has 0 spiro atoms. The number of rotatable bonds is 6. The average molecular weight is 389 g/mol. The van der Waals surface area contributed by atoms with Gasteiger partial charge in [0.15, 0.2) is 0 Å². The Morgan fingerprint density at radius 1 is 1.23 bits per heavy atom. The molecule has 136 valence electrons. The molecule has 0 saturated carbocycles. The van der Waals surface area contributed by atoms with Crippen molar-refractivity contribution in [2.45, 2.75) is 25.1 Å². The minimum absolute atomic E-state index is 0.0367. The van der Waals surface area contributed by atoms with Crippen molar-refractivity contribution in [1.29, 1.82) is 0 Å². The van der Waals surface area contributed by atoms with Gasteiger partial charge in [0.25, 0.3) is 0 Å². The second-order valence-corrected chi connectivity index (χ2v) is 7.62. The minimum atomic E-state index is -0.0513. The van der Waals surface area contributed by atoms with Gasteiger partial charge in [0.2, 0.25) is 11.8 Å². The van der Waals surface area contributed by atoms with Crippen molar-refractivity contribution in [3.63, 3.8) is 0 Å². The molecule has 1 N–H and O–H groups in total. The molecule has 1 aliphatic heterocycles. The first kappa shape index (κ1) is 18.8. The van der Waals surface area contributed by atoms with Gasteiger partial charge in [0.05, 0.1) is 5.75 Å². The lowest BCUT2D eigenvalue weighted by Crippen LogP contribution is -2.28. The second kappa shape index (κ2) is 8.60. The van der Waals surface area contributed by atoms with Crippen LogP contribution in [0, 0.1) is 6.92 Å². The van der Waals surface area contributed by atoms with E-state index >= 15 is 0 Å². The Kier molecular flexibility index (Phi) is 6.22. The van der Waals surface area contributed by atoms with Crippen LogP contribution in [0.1, 0.15) is 29.3 Å². The Bertz CT molecular complexity index is 795. The molecule has 26 heavy (non-hydrogen) atoms. The number of para-hydroxylation sites is 1. The number of alkyl halides is 1. The molecule has 2 aromatic carbocycles. The van der Waals surface area contributed by atoms with Gasteiger partial charge < -0.3 is 5.32 Å². The summed E-state index contributed by atoms with van der Waals surface area (Å²) in [5.41, 5.74) is 3.83. The molecule has 0 aliphatic carbocycles. The molecule has 1 aliphatic rings. The van der Waals surface area contributed by atoms with Crippen LogP contribution in [0.25, 0.3) is 0 Å². The number of thioether (sulfide) groups is 1. The number of anilines is 2. The summed E-state index contributed by atoms with van der Waals surface area (Å²) in [5.74, 6) is 1.03. The minimum Gasteiger partial charge on any atom is -0.326 e. The molecule has 3 rings (SSSR count). The summed E-state index contributed by atoms with van der Waals surface area (Å²) in [7, 11) is 0. The molecule has 4 nitrogen and oxygen atoms in total. The van der Waals surface area contributed by atoms with E-state index < -0.39 is 0 Å². The Hall–Kier alpha value is -1.98. The summed E-state index contributed by atoms with van der Waals surface area (Å²) in [5, 5.41) is 2.82. The molecule has 0 aromatic heterocycles. The number of carbonyl (C=O) groups excluding carboxylic acids is 2. The van der Waals surface area contributed by atoms with E-state index in [0.29, 0.717) is 24.5 Å². The first-order chi connectivity index (χ1) is 12.6. The van der Waals surface area contributed by atoms with Crippen LogP contribution in [0.3, 0.4) is 0 Å². The predicted molar refractivity (Wildman–Crippen MR) is 109 cm³/mol. The number of hydrogen-bond donors (Lipinski definition) is 1. The standard InChI is InChI=1S/C20H21ClN2O2S/c1-14-5-2-3-6-17(14)23-19(25)13-26-20(23)15-8-10-16(11-9-15)22-18(24)7-4-12-21/h2-3,5-6,8-11,20H,4,7,12-13H2,1H3,(H,22,24). The van der Waals surface area contributed by atoms with Gasteiger partial charge in [0.1, 0.15) is 5.37 Å². The highest BCUT2D eigenvalue weighted by Gasteiger charge is 2.34. The number of nitrogens with one attached hydrogen (secondary N) is 1. The van der Waals surface area contributed by atoms with E-state index in [-0.39, 0.29) is 17.2 Å². The molecular formula is C20H21ClN2O2S. The quantitative estimate of drug-likeness (QED) is 0.727. The van der Waals surface area contributed by atoms with Crippen LogP contribution in [0.5, 0.6) is 0 Å². The van der Waals surface area contributed by atoms with Gasteiger partial charge in [0, 0.05) is 23.7 Å². The van der Waals surface area contributed by atoms with Crippen LogP contribution in [0.2, 0.25) is 0 Å². The molecule has 0 bridgehead atoms. The lowest BCUT2D eigenvalue weighted by Gasteiger charge is -2.26. The maximum absolute atomic E-state index is 12.5. The molecule has 6 heteroatoms. The number of aryl methyl sites for hydroxylation is 1. The van der Waals surface area contributed by atoms with Gasteiger partial charge in [-0.05, 0) is 42.7 Å². The molecule has 1 heterocycles. The Morgan fingerprint density at radius 2 is 1.96 bits per heavy atom. The molecule has 1 saturated heterocycles. The number of hydrogen-bond acceptors (Lipinski definition) is 3. The SMILES string of the molecule is Cc1ccccc1N1C(=O)CSC1c1ccc(NC(=O)CCCCl)cc1. The smallest absolute Gasteiger partial charge is 0.238 e. The van der Waals surface area contributed by atoms with Crippen LogP contribution >= 0.6 is 23.4 Å². The van der Waals surface area contributed by atoms with E-state index in [4.69, 9.17) is 11.6 Å². The van der Waals surface area contributed by atoms with E-state index in [0.717, 1.165) is 22.5 Å². The normalized spacial score (nSPS) is 16.8. The molecule has 1 atom stereocenters. The number of nitrogens with zero attached hydrogens (tertiary/aromatic N) is 1. The fourth-order valence-corrected chi connectivity index (χ4v) is 4.25. The molecule has 2 aromatic rings. The zero-order valence-electron chi connectivity index (χ0n) is 14.6. The molecular weight excluding hydrogens is 368 g/mol. The summed E-state index contributed by atoms with van der Waals surface area (Å²) >= 11 is 7.24. The van der Waals surface area contributed by atoms with E-state index in [1.54, 1.807) is 11.8 Å². The van der Waals surface area contributed by atoms with Crippen molar-refractivity contribution in [3.05, 3.63) is 59.7 Å². The highest BCUT2D eigenvalue weighted by Crippen LogP contribution is 2.42. The number of benzene rings is 2. The fraction of sp³-hybridized carbons (Fsp3) is 0.300. The fourth-order valence-electron chi connectivity index (χ4n) is 2.95. The first-order valence-electron chi connectivity index (χ1n) is 8.55. The lowest BCUT2D eigenvalue weighted by molar-refractivity contribution is -0.116. The lowest BCUT2D eigenvalue weighted by atomic mass is 10.1. The number of halogens is 1. The van der Waals surface area contributed by atoms with Gasteiger partial charge in [-0.25, -0.2) is 0 Å². The second-order valence-electron chi connectivity index (χ2n) is 6.18. The molecule has 1 unspecified atom stereocenters. The van der Waals surface area contributed by atoms with Crippen molar-refractivity contribution >= 4 is 46.6 Å². The zero-order valence-corrected chi connectivity index (χ0v) is 16.1. The Balaban J connectivity index is 1.77. The maximum atomic E-state index is 12.5. The van der Waals surface area contributed by atoms with E-state index in [9.17, 15) is 9.59 Å². The molecule has 0 radical (unpaired) electrons. The Labute approximate surface area is 162 Å². The van der Waals surface area contributed by atoms with Crippen molar-refractivity contribution in [2.75, 3.05) is 21.8 Å². The van der Waals surface area contributed by atoms with Crippen molar-refractivity contribution in [1.82, 2.24) is 0 Å². The topological polar surface area (TPSA) is 49.4 Å². The van der Waals surface area contributed by atoms with E-state index in [1.165, 1.54) is 0 Å². The molecule has 2 amide bonds. The van der Waals surface area contributed by atoms with Crippen molar-refractivity contribution < 1.29 is 9.59 Å². The van der Waals surface area contributed by atoms with Crippen molar-refractivity contribution in [2.24, 2.45) is 0 Å². The van der Waals surface area contributed by atoms with E-state index in [1.807, 2.05) is 60.4 Å². The Morgan fingerprint density at radius 3 is 2.65 bits per heavy atom. The maximum Gasteiger partial charge on any atom is 0.238 e. The third-order valence-corrected chi connectivity index (χ3v) is 5.74. The van der Waals surface area contributed by atoms with Gasteiger partial charge >= 0.3 is 0 Å². The summed E-state index contributed by atoms with van der Waals surface area (Å²) in [6.45, 7) is 2.02. The average Bonchev–Trinajstić information content (AvgIpc) is 3.02. The predicted octanol–water partition coefficient (Wildman–Crippen LogP) is 4.73. The van der Waals surface area contributed by atoms with Crippen LogP contribution in [0.15, 0.2) is 48.5 Å². The summed E-state index contributed by atoms with van der Waals surface area (Å²) in [6.07, 6.45) is 1.08. The summed E-state index contributed by atoms with van der Waals surface area (Å²) in [4.78, 5) is 26.1. The molecule has 1 fully saturated rings. The van der Waals surface area contributed by atoms with Crippen LogP contribution < -0.4 is 10.2 Å². The highest BCUT2D eigenvalue weighted by molar-refractivity contribution is 8.00. The number of carbonyl (C=O) groups is 2. The third-order valence-electron chi connectivity index (χ3n) is 4.26. The summed E-state index contributed by atoms with van der Waals surface area (Å²) in [6, 6.07) is 15.6. The first-order valence-corrected chi connectivity index (χ1v) is 10.1.